The van der Waals surface area contributed by atoms with Crippen molar-refractivity contribution in [1.29, 1.82) is 0 Å². The highest BCUT2D eigenvalue weighted by atomic mass is 16.2. The first-order chi connectivity index (χ1) is 8.39. The minimum absolute atomic E-state index is 0.241. The number of amides is 1. The van der Waals surface area contributed by atoms with Crippen molar-refractivity contribution in [2.45, 2.75) is 79.1 Å². The third-order valence-electron chi connectivity index (χ3n) is 3.34. The van der Waals surface area contributed by atoms with Gasteiger partial charge >= 0.3 is 0 Å². The van der Waals surface area contributed by atoms with E-state index < -0.39 is 0 Å². The van der Waals surface area contributed by atoms with Crippen LogP contribution >= 0.6 is 0 Å². The van der Waals surface area contributed by atoms with Crippen LogP contribution < -0.4 is 0 Å². The Labute approximate surface area is 114 Å². The van der Waals surface area contributed by atoms with Crippen molar-refractivity contribution in [3.05, 3.63) is 0 Å². The lowest BCUT2D eigenvalue weighted by atomic mass is 9.95. The normalized spacial score (nSPS) is 11.6. The Hall–Kier alpha value is -0.530. The molecule has 0 N–H and O–H groups in total. The Bertz CT molecular complexity index is 218. The summed E-state index contributed by atoms with van der Waals surface area (Å²) in [6.07, 6.45) is 10.5. The molecule has 0 saturated carbocycles. The van der Waals surface area contributed by atoms with Gasteiger partial charge in [-0.15, -0.1) is 0 Å². The summed E-state index contributed by atoms with van der Waals surface area (Å²) in [5.41, 5.74) is -0.241. The molecule has 108 valence electrons. The van der Waals surface area contributed by atoms with Gasteiger partial charge in [0.1, 0.15) is 0 Å². The van der Waals surface area contributed by atoms with Gasteiger partial charge in [0, 0.05) is 19.0 Å². The molecule has 1 amide bonds. The number of nitrogens with zero attached hydrogens (tertiary/aromatic N) is 1. The summed E-state index contributed by atoms with van der Waals surface area (Å²) in [6, 6.07) is 0. The summed E-state index contributed by atoms with van der Waals surface area (Å²) in [7, 11) is 1.93. The molecule has 0 heterocycles. The van der Waals surface area contributed by atoms with E-state index in [0.717, 1.165) is 13.0 Å². The molecule has 0 unspecified atom stereocenters. The van der Waals surface area contributed by atoms with Gasteiger partial charge in [-0.2, -0.15) is 0 Å². The van der Waals surface area contributed by atoms with Crippen LogP contribution in [-0.4, -0.2) is 24.4 Å². The fraction of sp³-hybridized carbons (Fsp3) is 0.938. The monoisotopic (exact) mass is 255 g/mol. The van der Waals surface area contributed by atoms with E-state index >= 15 is 0 Å². The summed E-state index contributed by atoms with van der Waals surface area (Å²) in [6.45, 7) is 9.12. The van der Waals surface area contributed by atoms with Crippen LogP contribution in [0.3, 0.4) is 0 Å². The number of carbonyl (C=O) groups is 1. The molecule has 0 spiro atoms. The molecule has 0 aromatic heterocycles. The fourth-order valence-corrected chi connectivity index (χ4v) is 2.16. The Morgan fingerprint density at radius 2 is 1.33 bits per heavy atom. The first-order valence-electron chi connectivity index (χ1n) is 7.65. The van der Waals surface area contributed by atoms with E-state index in [4.69, 9.17) is 0 Å². The molecule has 0 atom stereocenters. The molecule has 0 bridgehead atoms. The molecule has 0 radical (unpaired) electrons. The second kappa shape index (κ2) is 9.41. The van der Waals surface area contributed by atoms with Crippen LogP contribution in [-0.2, 0) is 4.79 Å². The zero-order valence-electron chi connectivity index (χ0n) is 13.2. The van der Waals surface area contributed by atoms with Gasteiger partial charge in [-0.1, -0.05) is 72.6 Å². The smallest absolute Gasteiger partial charge is 0.227 e. The third kappa shape index (κ3) is 8.54. The van der Waals surface area contributed by atoms with Crippen molar-refractivity contribution in [2.24, 2.45) is 5.41 Å². The van der Waals surface area contributed by atoms with E-state index in [1.165, 1.54) is 44.9 Å². The Morgan fingerprint density at radius 3 is 1.78 bits per heavy atom. The highest BCUT2D eigenvalue weighted by Crippen LogP contribution is 2.17. The van der Waals surface area contributed by atoms with Gasteiger partial charge in [0.25, 0.3) is 0 Å². The lowest BCUT2D eigenvalue weighted by Crippen LogP contribution is -2.37. The molecule has 18 heavy (non-hydrogen) atoms. The topological polar surface area (TPSA) is 20.3 Å². The van der Waals surface area contributed by atoms with E-state index in [2.05, 4.69) is 6.92 Å². The Morgan fingerprint density at radius 1 is 0.889 bits per heavy atom. The summed E-state index contributed by atoms with van der Waals surface area (Å²) < 4.78 is 0. The standard InChI is InChI=1S/C16H33NO/c1-6-7-8-9-10-11-12-13-14-17(5)15(18)16(2,3)4/h6-14H2,1-5H3. The van der Waals surface area contributed by atoms with Crippen LogP contribution in [0.5, 0.6) is 0 Å². The predicted molar refractivity (Wildman–Crippen MR) is 79.7 cm³/mol. The molecular formula is C16H33NO. The van der Waals surface area contributed by atoms with Gasteiger partial charge in [0.05, 0.1) is 0 Å². The molecule has 0 aromatic rings. The van der Waals surface area contributed by atoms with Crippen molar-refractivity contribution in [3.63, 3.8) is 0 Å². The van der Waals surface area contributed by atoms with E-state index in [0.29, 0.717) is 0 Å². The number of hydrogen-bond acceptors (Lipinski definition) is 1. The molecule has 0 aromatic carbocycles. The Kier molecular flexibility index (Phi) is 9.13. The van der Waals surface area contributed by atoms with Crippen LogP contribution in [0.15, 0.2) is 0 Å². The molecule has 0 saturated heterocycles. The van der Waals surface area contributed by atoms with Crippen LogP contribution in [0.25, 0.3) is 0 Å². The summed E-state index contributed by atoms with van der Waals surface area (Å²) >= 11 is 0. The number of unbranched alkanes of at least 4 members (excludes halogenated alkanes) is 7. The van der Waals surface area contributed by atoms with Crippen molar-refractivity contribution in [2.75, 3.05) is 13.6 Å². The SMILES string of the molecule is CCCCCCCCCCN(C)C(=O)C(C)(C)C. The molecule has 0 aliphatic carbocycles. The van der Waals surface area contributed by atoms with Crippen LogP contribution in [0.2, 0.25) is 0 Å². The third-order valence-corrected chi connectivity index (χ3v) is 3.34. The second-order valence-electron chi connectivity index (χ2n) is 6.45. The van der Waals surface area contributed by atoms with Crippen molar-refractivity contribution < 1.29 is 4.79 Å². The number of hydrogen-bond donors (Lipinski definition) is 0. The summed E-state index contributed by atoms with van der Waals surface area (Å²) in [5, 5.41) is 0. The van der Waals surface area contributed by atoms with Gasteiger partial charge < -0.3 is 4.90 Å². The summed E-state index contributed by atoms with van der Waals surface area (Å²) in [5.74, 6) is 0.255. The van der Waals surface area contributed by atoms with Gasteiger partial charge in [-0.25, -0.2) is 0 Å². The highest BCUT2D eigenvalue weighted by molar-refractivity contribution is 5.81. The van der Waals surface area contributed by atoms with Crippen molar-refractivity contribution in [3.8, 4) is 0 Å². The van der Waals surface area contributed by atoms with E-state index in [1.54, 1.807) is 0 Å². The highest BCUT2D eigenvalue weighted by Gasteiger charge is 2.24. The minimum atomic E-state index is -0.241. The van der Waals surface area contributed by atoms with Crippen LogP contribution in [0.4, 0.5) is 0 Å². The lowest BCUT2D eigenvalue weighted by Gasteiger charge is -2.25. The Balaban J connectivity index is 3.46. The average molecular weight is 255 g/mol. The number of rotatable bonds is 9. The molecule has 0 fully saturated rings. The maximum absolute atomic E-state index is 11.9. The minimum Gasteiger partial charge on any atom is -0.345 e. The first kappa shape index (κ1) is 17.5. The van der Waals surface area contributed by atoms with Crippen LogP contribution in [0, 0.1) is 5.41 Å². The largest absolute Gasteiger partial charge is 0.345 e. The molecule has 2 heteroatoms. The average Bonchev–Trinajstić information content (AvgIpc) is 2.30. The predicted octanol–water partition coefficient (Wildman–Crippen LogP) is 4.63. The van der Waals surface area contributed by atoms with Gasteiger partial charge in [0.2, 0.25) is 5.91 Å². The molecule has 2 nitrogen and oxygen atoms in total. The van der Waals surface area contributed by atoms with Crippen molar-refractivity contribution in [1.82, 2.24) is 4.90 Å². The molecule has 0 aliphatic rings. The van der Waals surface area contributed by atoms with Gasteiger partial charge in [-0.3, -0.25) is 4.79 Å². The van der Waals surface area contributed by atoms with E-state index in [-0.39, 0.29) is 11.3 Å². The quantitative estimate of drug-likeness (QED) is 0.550. The number of carbonyl (C=O) groups excluding carboxylic acids is 1. The zero-order chi connectivity index (χ0) is 14.0. The maximum Gasteiger partial charge on any atom is 0.227 e. The first-order valence-corrected chi connectivity index (χ1v) is 7.65. The second-order valence-corrected chi connectivity index (χ2v) is 6.45. The maximum atomic E-state index is 11.9. The van der Waals surface area contributed by atoms with Crippen molar-refractivity contribution >= 4 is 5.91 Å². The van der Waals surface area contributed by atoms with Gasteiger partial charge in [0.15, 0.2) is 0 Å². The van der Waals surface area contributed by atoms with E-state index in [9.17, 15) is 4.79 Å². The molecule has 0 rings (SSSR count). The summed E-state index contributed by atoms with van der Waals surface area (Å²) in [4.78, 5) is 13.8. The fourth-order valence-electron chi connectivity index (χ4n) is 2.16. The lowest BCUT2D eigenvalue weighted by molar-refractivity contribution is -0.138. The molecular weight excluding hydrogens is 222 g/mol. The van der Waals surface area contributed by atoms with Crippen LogP contribution in [0.1, 0.15) is 79.1 Å². The zero-order valence-corrected chi connectivity index (χ0v) is 13.2. The molecule has 0 aliphatic heterocycles. The van der Waals surface area contributed by atoms with E-state index in [1.807, 2.05) is 32.7 Å². The van der Waals surface area contributed by atoms with Gasteiger partial charge in [-0.05, 0) is 6.42 Å².